The molecule has 0 aromatic heterocycles. The van der Waals surface area contributed by atoms with Crippen LogP contribution in [0.3, 0.4) is 0 Å². The molecule has 108 valence electrons. The van der Waals surface area contributed by atoms with E-state index in [0.29, 0.717) is 0 Å². The zero-order valence-corrected chi connectivity index (χ0v) is 11.0. The first kappa shape index (κ1) is 16.2. The first-order valence-electron chi connectivity index (χ1n) is 5.33. The molecule has 0 radical (unpaired) electrons. The van der Waals surface area contributed by atoms with E-state index >= 15 is 0 Å². The zero-order chi connectivity index (χ0) is 15.3. The number of allylic oxidation sites excluding steroid dienone is 2. The molecule has 0 spiro atoms. The van der Waals surface area contributed by atoms with Gasteiger partial charge in [0, 0.05) is 10.5 Å². The summed E-state index contributed by atoms with van der Waals surface area (Å²) in [4.78, 5) is 10.6. The van der Waals surface area contributed by atoms with Crippen LogP contribution in [-0.2, 0) is 11.0 Å². The molecule has 0 fully saturated rings. The van der Waals surface area contributed by atoms with Crippen LogP contribution in [0, 0.1) is 0 Å². The van der Waals surface area contributed by atoms with Crippen molar-refractivity contribution in [1.29, 1.82) is 0 Å². The Morgan fingerprint density at radius 1 is 1.45 bits per heavy atom. The van der Waals surface area contributed by atoms with Crippen molar-refractivity contribution in [2.45, 2.75) is 6.18 Å². The molecule has 0 heterocycles. The van der Waals surface area contributed by atoms with E-state index in [2.05, 4.69) is 19.2 Å². The molecule has 0 unspecified atom stereocenters. The highest BCUT2D eigenvalue weighted by molar-refractivity contribution is 7.90. The Morgan fingerprint density at radius 2 is 2.10 bits per heavy atom. The molecule has 0 amide bonds. The van der Waals surface area contributed by atoms with Crippen LogP contribution < -0.4 is 4.74 Å². The second-order valence-corrected chi connectivity index (χ2v) is 4.16. The van der Waals surface area contributed by atoms with Gasteiger partial charge in [-0.3, -0.25) is 0 Å². The van der Waals surface area contributed by atoms with E-state index in [-0.39, 0.29) is 16.2 Å². The van der Waals surface area contributed by atoms with Crippen LogP contribution in [0.4, 0.5) is 13.2 Å². The van der Waals surface area contributed by atoms with Gasteiger partial charge >= 0.3 is 12.1 Å². The first-order valence-corrected chi connectivity index (χ1v) is 5.78. The van der Waals surface area contributed by atoms with E-state index in [1.165, 1.54) is 12.2 Å². The van der Waals surface area contributed by atoms with Crippen molar-refractivity contribution in [3.63, 3.8) is 0 Å². The van der Waals surface area contributed by atoms with Crippen molar-refractivity contribution < 1.29 is 27.8 Å². The number of benzene rings is 1. The molecule has 0 aliphatic carbocycles. The van der Waals surface area contributed by atoms with Crippen molar-refractivity contribution in [2.24, 2.45) is 0 Å². The smallest absolute Gasteiger partial charge is 0.416 e. The second-order valence-electron chi connectivity index (χ2n) is 3.68. The number of rotatable bonds is 5. The Bertz CT molecular complexity index is 550. The first-order chi connectivity index (χ1) is 9.25. The summed E-state index contributed by atoms with van der Waals surface area (Å²) in [5, 5.41) is 8.54. The third kappa shape index (κ3) is 4.34. The Labute approximate surface area is 118 Å². The number of hydrogen-bond acceptors (Lipinski definition) is 3. The molecule has 0 saturated carbocycles. The maximum atomic E-state index is 12.7. The van der Waals surface area contributed by atoms with Gasteiger partial charge < -0.3 is 9.84 Å². The van der Waals surface area contributed by atoms with Crippen molar-refractivity contribution in [3.8, 4) is 5.75 Å². The number of carboxylic acid groups (broad SMARTS) is 1. The molecule has 0 saturated heterocycles. The Kier molecular flexibility index (Phi) is 5.26. The van der Waals surface area contributed by atoms with Gasteiger partial charge in [0.2, 0.25) is 0 Å². The van der Waals surface area contributed by atoms with Gasteiger partial charge in [-0.2, -0.15) is 13.2 Å². The SMILES string of the molecule is C=C/C=C(\S)c1cc(C(F)(F)F)ccc1OCC(=O)O. The summed E-state index contributed by atoms with van der Waals surface area (Å²) in [6.07, 6.45) is -1.78. The monoisotopic (exact) mass is 304 g/mol. The highest BCUT2D eigenvalue weighted by Crippen LogP contribution is 2.36. The van der Waals surface area contributed by atoms with Crippen LogP contribution in [0.15, 0.2) is 36.9 Å². The summed E-state index contributed by atoms with van der Waals surface area (Å²) in [6.45, 7) is 2.76. The van der Waals surface area contributed by atoms with E-state index in [9.17, 15) is 18.0 Å². The fourth-order valence-corrected chi connectivity index (χ4v) is 1.65. The molecule has 1 rings (SSSR count). The normalized spacial score (nSPS) is 12.1. The average molecular weight is 304 g/mol. The average Bonchev–Trinajstić information content (AvgIpc) is 2.35. The molecule has 0 bridgehead atoms. The number of carbonyl (C=O) groups is 1. The minimum absolute atomic E-state index is 0.00324. The lowest BCUT2D eigenvalue weighted by atomic mass is 10.1. The van der Waals surface area contributed by atoms with Crippen LogP contribution in [0.25, 0.3) is 4.91 Å². The Morgan fingerprint density at radius 3 is 2.60 bits per heavy atom. The predicted molar refractivity (Wildman–Crippen MR) is 71.7 cm³/mol. The Hall–Kier alpha value is -1.89. The molecule has 1 N–H and O–H groups in total. The number of hydrogen-bond donors (Lipinski definition) is 2. The van der Waals surface area contributed by atoms with E-state index in [1.54, 1.807) is 0 Å². The summed E-state index contributed by atoms with van der Waals surface area (Å²) >= 11 is 4.05. The molecular weight excluding hydrogens is 293 g/mol. The van der Waals surface area contributed by atoms with Gasteiger partial charge in [0.1, 0.15) is 5.75 Å². The molecule has 0 aliphatic rings. The van der Waals surface area contributed by atoms with Crippen molar-refractivity contribution in [1.82, 2.24) is 0 Å². The molecule has 1 aromatic rings. The lowest BCUT2D eigenvalue weighted by molar-refractivity contribution is -0.140. The zero-order valence-electron chi connectivity index (χ0n) is 10.1. The van der Waals surface area contributed by atoms with Crippen LogP contribution >= 0.6 is 12.6 Å². The second kappa shape index (κ2) is 6.51. The highest BCUT2D eigenvalue weighted by atomic mass is 32.1. The van der Waals surface area contributed by atoms with Gasteiger partial charge in [-0.1, -0.05) is 12.7 Å². The minimum Gasteiger partial charge on any atom is -0.481 e. The maximum Gasteiger partial charge on any atom is 0.416 e. The minimum atomic E-state index is -4.51. The van der Waals surface area contributed by atoms with Crippen molar-refractivity contribution in [2.75, 3.05) is 6.61 Å². The van der Waals surface area contributed by atoms with E-state index in [4.69, 9.17) is 9.84 Å². The summed E-state index contributed by atoms with van der Waals surface area (Å²) < 4.78 is 42.9. The number of thiol groups is 1. The van der Waals surface area contributed by atoms with Crippen LogP contribution in [-0.4, -0.2) is 17.7 Å². The fourth-order valence-electron chi connectivity index (χ4n) is 1.37. The number of aliphatic carboxylic acids is 1. The van der Waals surface area contributed by atoms with Crippen LogP contribution in [0.2, 0.25) is 0 Å². The quantitative estimate of drug-likeness (QED) is 0.645. The molecule has 1 aromatic carbocycles. The molecule has 0 aliphatic heterocycles. The van der Waals surface area contributed by atoms with Crippen LogP contribution in [0.5, 0.6) is 5.75 Å². The summed E-state index contributed by atoms with van der Waals surface area (Å²) in [5.74, 6) is -1.23. The van der Waals surface area contributed by atoms with E-state index in [0.717, 1.165) is 18.2 Å². The Balaban J connectivity index is 3.26. The summed E-state index contributed by atoms with van der Waals surface area (Å²) in [7, 11) is 0. The van der Waals surface area contributed by atoms with Gasteiger partial charge in [0.15, 0.2) is 6.61 Å². The number of carboxylic acids is 1. The van der Waals surface area contributed by atoms with Crippen molar-refractivity contribution >= 4 is 23.5 Å². The van der Waals surface area contributed by atoms with Gasteiger partial charge in [-0.25, -0.2) is 4.79 Å². The molecule has 7 heteroatoms. The molecule has 20 heavy (non-hydrogen) atoms. The predicted octanol–water partition coefficient (Wildman–Crippen LogP) is 3.63. The van der Waals surface area contributed by atoms with Gasteiger partial charge in [0.25, 0.3) is 0 Å². The maximum absolute atomic E-state index is 12.7. The largest absolute Gasteiger partial charge is 0.481 e. The third-order valence-electron chi connectivity index (χ3n) is 2.21. The van der Waals surface area contributed by atoms with Gasteiger partial charge in [-0.05, 0) is 24.3 Å². The van der Waals surface area contributed by atoms with E-state index in [1.807, 2.05) is 0 Å². The van der Waals surface area contributed by atoms with E-state index < -0.39 is 24.3 Å². The molecule has 3 nitrogen and oxygen atoms in total. The molecule has 0 atom stereocenters. The highest BCUT2D eigenvalue weighted by Gasteiger charge is 2.31. The number of ether oxygens (including phenoxy) is 1. The topological polar surface area (TPSA) is 46.5 Å². The lowest BCUT2D eigenvalue weighted by Crippen LogP contribution is -2.11. The molecular formula is C13H11F3O3S. The third-order valence-corrected chi connectivity index (χ3v) is 2.60. The number of halogens is 3. The summed E-state index contributed by atoms with van der Waals surface area (Å²) in [5.41, 5.74) is -0.830. The fraction of sp³-hybridized carbons (Fsp3) is 0.154. The number of alkyl halides is 3. The lowest BCUT2D eigenvalue weighted by Gasteiger charge is -2.13. The van der Waals surface area contributed by atoms with Crippen LogP contribution in [0.1, 0.15) is 11.1 Å². The summed E-state index contributed by atoms with van der Waals surface area (Å²) in [6, 6.07) is 2.73. The van der Waals surface area contributed by atoms with Gasteiger partial charge in [0.05, 0.1) is 5.56 Å². The standard InChI is InChI=1S/C13H11F3O3S/c1-2-3-11(20)9-6-8(13(14,15)16)4-5-10(9)19-7-12(17)18/h2-6,20H,1,7H2,(H,17,18)/b11-3-. The van der Waals surface area contributed by atoms with Gasteiger partial charge in [-0.15, -0.1) is 12.6 Å². The van der Waals surface area contributed by atoms with Crippen molar-refractivity contribution in [3.05, 3.63) is 48.1 Å².